The predicted molar refractivity (Wildman–Crippen MR) is 161 cm³/mol. The van der Waals surface area contributed by atoms with Gasteiger partial charge in [0.15, 0.2) is 0 Å². The Balaban J connectivity index is 1.55. The van der Waals surface area contributed by atoms with Crippen LogP contribution in [-0.4, -0.2) is 34.5 Å². The van der Waals surface area contributed by atoms with Gasteiger partial charge in [-0.15, -0.1) is 0 Å². The summed E-state index contributed by atoms with van der Waals surface area (Å²) >= 11 is 1.07. The molecule has 13 heteroatoms. The van der Waals surface area contributed by atoms with Gasteiger partial charge in [-0.2, -0.15) is 10.5 Å². The fourth-order valence-corrected chi connectivity index (χ4v) is 5.94. The third kappa shape index (κ3) is 6.66. The van der Waals surface area contributed by atoms with Gasteiger partial charge in [-0.3, -0.25) is 4.79 Å². The normalized spacial score (nSPS) is 11.6. The first-order valence-corrected chi connectivity index (χ1v) is 15.0. The number of hydrogen-bond acceptors (Lipinski definition) is 10. The summed E-state index contributed by atoms with van der Waals surface area (Å²) in [6, 6.07) is 18.8. The number of carbonyl (C=O) groups excluding carboxylic acids is 1. The molecular formula is C29H26N8O3S2. The maximum Gasteiger partial charge on any atom is 0.264 e. The van der Waals surface area contributed by atoms with E-state index < -0.39 is 15.3 Å². The number of nitriles is 2. The summed E-state index contributed by atoms with van der Waals surface area (Å²) in [4.78, 5) is 25.5. The average Bonchev–Trinajstić information content (AvgIpc) is 2.96. The Morgan fingerprint density at radius 1 is 1.00 bits per heavy atom. The number of thioether (sulfide) groups is 1. The van der Waals surface area contributed by atoms with Gasteiger partial charge in [0.25, 0.3) is 10.0 Å². The number of nitrogen functional groups attached to an aromatic ring is 1. The zero-order chi connectivity index (χ0) is 30.4. The van der Waals surface area contributed by atoms with Crippen LogP contribution >= 0.6 is 11.8 Å². The lowest BCUT2D eigenvalue weighted by molar-refractivity contribution is -0.115. The molecule has 1 unspecified atom stereocenters. The molecule has 0 aliphatic heterocycles. The number of rotatable bonds is 9. The SMILES string of the molecule is CCC(Sc1nc(N)c(C#N)c(-c2ccc(C)cc2)c1C#N)C(=O)Nc1ccc(S(=O)(=O)Nc2nccc(C)n2)cc1. The fraction of sp³-hybridized carbons (Fsp3) is 0.172. The molecule has 0 bridgehead atoms. The highest BCUT2D eigenvalue weighted by Gasteiger charge is 2.26. The second-order valence-electron chi connectivity index (χ2n) is 9.17. The predicted octanol–water partition coefficient (Wildman–Crippen LogP) is 4.79. The number of aromatic nitrogens is 3. The summed E-state index contributed by atoms with van der Waals surface area (Å²) < 4.78 is 27.8. The molecule has 1 amide bonds. The van der Waals surface area contributed by atoms with E-state index in [1.165, 1.54) is 30.5 Å². The van der Waals surface area contributed by atoms with Crippen LogP contribution in [-0.2, 0) is 14.8 Å². The highest BCUT2D eigenvalue weighted by molar-refractivity contribution is 8.00. The number of amides is 1. The fourth-order valence-electron chi connectivity index (χ4n) is 3.97. The van der Waals surface area contributed by atoms with Crippen molar-refractivity contribution in [2.45, 2.75) is 42.4 Å². The van der Waals surface area contributed by atoms with Gasteiger partial charge in [0, 0.05) is 23.1 Å². The molecule has 11 nitrogen and oxygen atoms in total. The van der Waals surface area contributed by atoms with Crippen molar-refractivity contribution in [3.63, 3.8) is 0 Å². The molecule has 1 atom stereocenters. The van der Waals surface area contributed by atoms with E-state index in [-0.39, 0.29) is 38.7 Å². The van der Waals surface area contributed by atoms with Crippen molar-refractivity contribution in [2.24, 2.45) is 0 Å². The monoisotopic (exact) mass is 598 g/mol. The zero-order valence-corrected chi connectivity index (χ0v) is 24.5. The van der Waals surface area contributed by atoms with Crippen molar-refractivity contribution in [2.75, 3.05) is 15.8 Å². The van der Waals surface area contributed by atoms with Gasteiger partial charge in [0.1, 0.15) is 28.5 Å². The van der Waals surface area contributed by atoms with Gasteiger partial charge in [-0.05, 0) is 56.2 Å². The van der Waals surface area contributed by atoms with E-state index in [0.717, 1.165) is 17.3 Å². The van der Waals surface area contributed by atoms with Crippen molar-refractivity contribution in [1.29, 1.82) is 10.5 Å². The molecule has 0 saturated heterocycles. The van der Waals surface area contributed by atoms with E-state index in [1.807, 2.05) is 26.0 Å². The number of aryl methyl sites for hydroxylation is 2. The molecule has 0 saturated carbocycles. The van der Waals surface area contributed by atoms with E-state index in [4.69, 9.17) is 5.73 Å². The van der Waals surface area contributed by atoms with Crippen LogP contribution in [0.15, 0.2) is 70.7 Å². The van der Waals surface area contributed by atoms with Gasteiger partial charge in [-0.25, -0.2) is 28.1 Å². The van der Waals surface area contributed by atoms with Crippen molar-refractivity contribution in [1.82, 2.24) is 15.0 Å². The Morgan fingerprint density at radius 3 is 2.26 bits per heavy atom. The Hall–Kier alpha value is -4.98. The molecule has 4 rings (SSSR count). The largest absolute Gasteiger partial charge is 0.383 e. The minimum atomic E-state index is -3.95. The van der Waals surface area contributed by atoms with Crippen LogP contribution in [0.3, 0.4) is 0 Å². The number of anilines is 3. The number of nitrogens with two attached hydrogens (primary N) is 1. The third-order valence-electron chi connectivity index (χ3n) is 6.13. The van der Waals surface area contributed by atoms with E-state index in [1.54, 1.807) is 25.1 Å². The highest BCUT2D eigenvalue weighted by atomic mass is 32.2. The van der Waals surface area contributed by atoms with E-state index >= 15 is 0 Å². The molecular weight excluding hydrogens is 573 g/mol. The molecule has 0 fully saturated rings. The molecule has 0 radical (unpaired) electrons. The average molecular weight is 599 g/mol. The third-order valence-corrected chi connectivity index (χ3v) is 8.82. The van der Waals surface area contributed by atoms with E-state index in [2.05, 4.69) is 37.1 Å². The quantitative estimate of drug-likeness (QED) is 0.226. The molecule has 212 valence electrons. The first-order chi connectivity index (χ1) is 20.1. The number of nitrogens with zero attached hydrogens (tertiary/aromatic N) is 5. The summed E-state index contributed by atoms with van der Waals surface area (Å²) in [5, 5.41) is 22.2. The molecule has 42 heavy (non-hydrogen) atoms. The number of hydrogen-bond donors (Lipinski definition) is 3. The Kier molecular flexibility index (Phi) is 9.06. The molecule has 0 spiro atoms. The summed E-state index contributed by atoms with van der Waals surface area (Å²) in [5.74, 6) is -0.462. The summed E-state index contributed by atoms with van der Waals surface area (Å²) in [5.41, 5.74) is 9.37. The lowest BCUT2D eigenvalue weighted by Gasteiger charge is -2.18. The number of carbonyl (C=O) groups is 1. The molecule has 4 aromatic rings. The lowest BCUT2D eigenvalue weighted by Crippen LogP contribution is -2.25. The van der Waals surface area contributed by atoms with E-state index in [9.17, 15) is 23.7 Å². The topological polar surface area (TPSA) is 188 Å². The summed E-state index contributed by atoms with van der Waals surface area (Å²) in [6.45, 7) is 5.46. The number of pyridine rings is 1. The van der Waals surface area contributed by atoms with Crippen molar-refractivity contribution in [3.05, 3.63) is 83.2 Å². The smallest absolute Gasteiger partial charge is 0.264 e. The first-order valence-electron chi connectivity index (χ1n) is 12.7. The van der Waals surface area contributed by atoms with Crippen LogP contribution in [0.4, 0.5) is 17.5 Å². The van der Waals surface area contributed by atoms with Crippen LogP contribution in [0.5, 0.6) is 0 Å². The van der Waals surface area contributed by atoms with Crippen LogP contribution in [0.25, 0.3) is 11.1 Å². The first kappa shape index (κ1) is 30.0. The minimum absolute atomic E-state index is 0.0356. The standard InChI is InChI=1S/C29H26N8O3S2/c1-4-24(41-28-23(16-31)25(22(15-30)26(32)36-28)19-7-5-17(2)6-8-19)27(38)35-20-9-11-21(12-10-20)42(39,40)37-29-33-14-13-18(3)34-29/h5-14,24H,4H2,1-3H3,(H2,32,36)(H,35,38)(H,33,34,37). The van der Waals surface area contributed by atoms with Crippen molar-refractivity contribution >= 4 is 45.1 Å². The molecule has 2 aromatic carbocycles. The molecule has 4 N–H and O–H groups in total. The molecule has 0 aliphatic carbocycles. The van der Waals surface area contributed by atoms with Crippen LogP contribution in [0.2, 0.25) is 0 Å². The number of nitrogens with one attached hydrogen (secondary N) is 2. The Labute approximate surface area is 247 Å². The van der Waals surface area contributed by atoms with E-state index in [0.29, 0.717) is 28.9 Å². The Bertz CT molecular complexity index is 1830. The number of sulfonamides is 1. The molecule has 0 aliphatic rings. The van der Waals surface area contributed by atoms with Gasteiger partial charge in [-0.1, -0.05) is 48.5 Å². The maximum atomic E-state index is 13.2. The van der Waals surface area contributed by atoms with Crippen molar-refractivity contribution in [3.8, 4) is 23.3 Å². The lowest BCUT2D eigenvalue weighted by atomic mass is 9.96. The second kappa shape index (κ2) is 12.7. The minimum Gasteiger partial charge on any atom is -0.383 e. The van der Waals surface area contributed by atoms with Gasteiger partial charge < -0.3 is 11.1 Å². The van der Waals surface area contributed by atoms with Gasteiger partial charge >= 0.3 is 0 Å². The maximum absolute atomic E-state index is 13.2. The zero-order valence-electron chi connectivity index (χ0n) is 22.9. The van der Waals surface area contributed by atoms with Crippen LogP contribution in [0.1, 0.15) is 35.7 Å². The summed E-state index contributed by atoms with van der Waals surface area (Å²) in [6.07, 6.45) is 1.83. The van der Waals surface area contributed by atoms with Gasteiger partial charge in [0.2, 0.25) is 11.9 Å². The van der Waals surface area contributed by atoms with Gasteiger partial charge in [0.05, 0.1) is 15.7 Å². The van der Waals surface area contributed by atoms with Crippen LogP contribution < -0.4 is 15.8 Å². The highest BCUT2D eigenvalue weighted by Crippen LogP contribution is 2.37. The molecule has 2 aromatic heterocycles. The number of benzene rings is 2. The van der Waals surface area contributed by atoms with Crippen LogP contribution in [0, 0.1) is 36.5 Å². The Morgan fingerprint density at radius 2 is 1.67 bits per heavy atom. The summed E-state index contributed by atoms with van der Waals surface area (Å²) in [7, 11) is -3.95. The molecule has 2 heterocycles. The van der Waals surface area contributed by atoms with Crippen molar-refractivity contribution < 1.29 is 13.2 Å². The second-order valence-corrected chi connectivity index (χ2v) is 12.0.